The molecule has 0 spiro atoms. The summed E-state index contributed by atoms with van der Waals surface area (Å²) in [6.07, 6.45) is 7.08. The molecule has 0 heterocycles. The molecule has 0 radical (unpaired) electrons. The number of benzene rings is 2. The van der Waals surface area contributed by atoms with Crippen LogP contribution in [0, 0.1) is 12.3 Å². The summed E-state index contributed by atoms with van der Waals surface area (Å²) in [5, 5.41) is 5.83. The lowest BCUT2D eigenvalue weighted by Gasteiger charge is -2.11. The number of hydrogen-bond acceptors (Lipinski definition) is 2. The Hall–Kier alpha value is -1.98. The number of rotatable bonds is 6. The zero-order valence-electron chi connectivity index (χ0n) is 11.3. The van der Waals surface area contributed by atoms with Crippen LogP contribution < -0.4 is 10.1 Å². The highest BCUT2D eigenvalue weighted by molar-refractivity contribution is 5.91. The second kappa shape index (κ2) is 6.82. The van der Waals surface area contributed by atoms with Crippen LogP contribution in [0.15, 0.2) is 36.4 Å². The number of methoxy groups -OCH3 is 1. The highest BCUT2D eigenvalue weighted by atomic mass is 16.5. The molecule has 0 unspecified atom stereocenters. The lowest BCUT2D eigenvalue weighted by molar-refractivity contribution is 0.419. The summed E-state index contributed by atoms with van der Waals surface area (Å²) < 4.78 is 5.40. The van der Waals surface area contributed by atoms with Crippen LogP contribution in [0.3, 0.4) is 0 Å². The molecule has 0 aromatic heterocycles. The van der Waals surface area contributed by atoms with Gasteiger partial charge in [0.05, 0.1) is 7.11 Å². The van der Waals surface area contributed by atoms with E-state index in [1.54, 1.807) is 7.11 Å². The Balaban J connectivity index is 2.13. The zero-order valence-corrected chi connectivity index (χ0v) is 11.3. The standard InChI is InChI=1S/C17H19NO/c1-3-4-7-12-18-13-14-10-11-17(19-2)16-9-6-5-8-15(14)16/h1,5-6,8-11,18H,4,7,12-13H2,2H3. The summed E-state index contributed by atoms with van der Waals surface area (Å²) in [7, 11) is 1.71. The van der Waals surface area contributed by atoms with E-state index in [1.165, 1.54) is 10.9 Å². The molecule has 0 aliphatic carbocycles. The predicted molar refractivity (Wildman–Crippen MR) is 80.3 cm³/mol. The van der Waals surface area contributed by atoms with Gasteiger partial charge in [-0.05, 0) is 30.0 Å². The van der Waals surface area contributed by atoms with Gasteiger partial charge in [-0.3, -0.25) is 0 Å². The molecule has 2 rings (SSSR count). The van der Waals surface area contributed by atoms with Crippen molar-refractivity contribution < 1.29 is 4.74 Å². The van der Waals surface area contributed by atoms with E-state index in [2.05, 4.69) is 35.5 Å². The van der Waals surface area contributed by atoms with Crippen molar-refractivity contribution in [2.45, 2.75) is 19.4 Å². The van der Waals surface area contributed by atoms with Crippen LogP contribution in [0.5, 0.6) is 5.75 Å². The maximum atomic E-state index is 5.40. The average Bonchev–Trinajstić information content (AvgIpc) is 2.47. The van der Waals surface area contributed by atoms with Crippen molar-refractivity contribution in [2.24, 2.45) is 0 Å². The molecule has 0 bridgehead atoms. The fraction of sp³-hybridized carbons (Fsp3) is 0.294. The van der Waals surface area contributed by atoms with E-state index in [9.17, 15) is 0 Å². The van der Waals surface area contributed by atoms with Gasteiger partial charge in [-0.15, -0.1) is 12.3 Å². The smallest absolute Gasteiger partial charge is 0.126 e. The van der Waals surface area contributed by atoms with E-state index in [-0.39, 0.29) is 0 Å². The third-order valence-corrected chi connectivity index (χ3v) is 3.18. The van der Waals surface area contributed by atoms with Crippen LogP contribution in [0.2, 0.25) is 0 Å². The van der Waals surface area contributed by atoms with Crippen LogP contribution >= 0.6 is 0 Å². The largest absolute Gasteiger partial charge is 0.496 e. The van der Waals surface area contributed by atoms with E-state index in [4.69, 9.17) is 11.2 Å². The van der Waals surface area contributed by atoms with Crippen molar-refractivity contribution in [2.75, 3.05) is 13.7 Å². The van der Waals surface area contributed by atoms with Gasteiger partial charge >= 0.3 is 0 Å². The van der Waals surface area contributed by atoms with Crippen molar-refractivity contribution in [1.29, 1.82) is 0 Å². The summed E-state index contributed by atoms with van der Waals surface area (Å²) in [6.45, 7) is 1.81. The number of terminal acetylenes is 1. The van der Waals surface area contributed by atoms with Gasteiger partial charge in [-0.25, -0.2) is 0 Å². The summed E-state index contributed by atoms with van der Waals surface area (Å²) in [5.41, 5.74) is 1.29. The number of fused-ring (bicyclic) bond motifs is 1. The number of hydrogen-bond donors (Lipinski definition) is 1. The number of unbranched alkanes of at least 4 members (excludes halogenated alkanes) is 1. The fourth-order valence-corrected chi connectivity index (χ4v) is 2.20. The van der Waals surface area contributed by atoms with Crippen LogP contribution in [0.1, 0.15) is 18.4 Å². The third-order valence-electron chi connectivity index (χ3n) is 3.18. The van der Waals surface area contributed by atoms with Gasteiger partial charge in [0.1, 0.15) is 5.75 Å². The van der Waals surface area contributed by atoms with E-state index in [0.717, 1.165) is 37.1 Å². The lowest BCUT2D eigenvalue weighted by atomic mass is 10.0. The Morgan fingerprint density at radius 1 is 1.16 bits per heavy atom. The second-order valence-corrected chi connectivity index (χ2v) is 4.46. The predicted octanol–water partition coefficient (Wildman–Crippen LogP) is 3.35. The van der Waals surface area contributed by atoms with Gasteiger partial charge in [-0.1, -0.05) is 30.3 Å². The van der Waals surface area contributed by atoms with Crippen molar-refractivity contribution in [3.63, 3.8) is 0 Å². The first-order valence-electron chi connectivity index (χ1n) is 6.55. The van der Waals surface area contributed by atoms with Crippen LogP contribution in [-0.4, -0.2) is 13.7 Å². The summed E-state index contributed by atoms with van der Waals surface area (Å²) in [6, 6.07) is 12.5. The number of ether oxygens (including phenoxy) is 1. The van der Waals surface area contributed by atoms with E-state index in [0.29, 0.717) is 0 Å². The van der Waals surface area contributed by atoms with Crippen molar-refractivity contribution in [3.05, 3.63) is 42.0 Å². The van der Waals surface area contributed by atoms with Crippen LogP contribution in [-0.2, 0) is 6.54 Å². The van der Waals surface area contributed by atoms with Crippen LogP contribution in [0.25, 0.3) is 10.8 Å². The topological polar surface area (TPSA) is 21.3 Å². The van der Waals surface area contributed by atoms with Crippen LogP contribution in [0.4, 0.5) is 0 Å². The molecule has 1 N–H and O–H groups in total. The fourth-order valence-electron chi connectivity index (χ4n) is 2.20. The van der Waals surface area contributed by atoms with Gasteiger partial charge in [-0.2, -0.15) is 0 Å². The second-order valence-electron chi connectivity index (χ2n) is 4.46. The summed E-state index contributed by atoms with van der Waals surface area (Å²) in [4.78, 5) is 0. The van der Waals surface area contributed by atoms with Gasteiger partial charge in [0, 0.05) is 18.4 Å². The molecule has 0 fully saturated rings. The minimum atomic E-state index is 0.830. The highest BCUT2D eigenvalue weighted by Gasteiger charge is 2.05. The molecule has 2 aromatic rings. The Kier molecular flexibility index (Phi) is 4.83. The van der Waals surface area contributed by atoms with Crippen molar-refractivity contribution >= 4 is 10.8 Å². The summed E-state index contributed by atoms with van der Waals surface area (Å²) in [5.74, 6) is 3.58. The minimum absolute atomic E-state index is 0.830. The average molecular weight is 253 g/mol. The first-order chi connectivity index (χ1) is 9.36. The molecule has 98 valence electrons. The summed E-state index contributed by atoms with van der Waals surface area (Å²) >= 11 is 0. The van der Waals surface area contributed by atoms with E-state index in [1.807, 2.05) is 12.1 Å². The molecule has 19 heavy (non-hydrogen) atoms. The molecular formula is C17H19NO. The normalized spacial score (nSPS) is 10.3. The van der Waals surface area contributed by atoms with Gasteiger partial charge in [0.25, 0.3) is 0 Å². The van der Waals surface area contributed by atoms with E-state index < -0.39 is 0 Å². The maximum absolute atomic E-state index is 5.40. The quantitative estimate of drug-likeness (QED) is 0.629. The van der Waals surface area contributed by atoms with Crippen molar-refractivity contribution in [3.8, 4) is 18.1 Å². The maximum Gasteiger partial charge on any atom is 0.126 e. The Bertz CT molecular complexity index is 583. The first kappa shape index (κ1) is 13.5. The molecule has 0 saturated heterocycles. The van der Waals surface area contributed by atoms with E-state index >= 15 is 0 Å². The Labute approximate surface area is 114 Å². The minimum Gasteiger partial charge on any atom is -0.496 e. The molecule has 0 saturated carbocycles. The van der Waals surface area contributed by atoms with Crippen molar-refractivity contribution in [1.82, 2.24) is 5.32 Å². The molecule has 0 aliphatic rings. The first-order valence-corrected chi connectivity index (χ1v) is 6.55. The molecule has 2 heteroatoms. The molecule has 0 atom stereocenters. The lowest BCUT2D eigenvalue weighted by Crippen LogP contribution is -2.14. The zero-order chi connectivity index (χ0) is 13.5. The highest BCUT2D eigenvalue weighted by Crippen LogP contribution is 2.28. The molecule has 0 amide bonds. The Morgan fingerprint density at radius 3 is 2.68 bits per heavy atom. The monoisotopic (exact) mass is 253 g/mol. The SMILES string of the molecule is C#CCCCNCc1ccc(OC)c2ccccc12. The van der Waals surface area contributed by atoms with Gasteiger partial charge < -0.3 is 10.1 Å². The molecule has 0 aliphatic heterocycles. The third kappa shape index (κ3) is 3.27. The Morgan fingerprint density at radius 2 is 1.95 bits per heavy atom. The number of nitrogens with one attached hydrogen (secondary N) is 1. The molecule has 2 nitrogen and oxygen atoms in total. The van der Waals surface area contributed by atoms with Gasteiger partial charge in [0.15, 0.2) is 0 Å². The molecular weight excluding hydrogens is 234 g/mol. The van der Waals surface area contributed by atoms with Gasteiger partial charge in [0.2, 0.25) is 0 Å². The molecule has 2 aromatic carbocycles.